The van der Waals surface area contributed by atoms with E-state index in [-0.39, 0.29) is 17.8 Å². The molecule has 0 radical (unpaired) electrons. The summed E-state index contributed by atoms with van der Waals surface area (Å²) in [6.45, 7) is 1.33. The standard InChI is InChI=1S/C14H19FN2OS/c1-19-9-11-7-10(4-5-13(11)15)14(18)17-6-2-3-12(16)8-17/h4-5,7,12H,2-3,6,8-9,16H2,1H3/t12-/m1/s1. The Morgan fingerprint density at radius 3 is 3.05 bits per heavy atom. The SMILES string of the molecule is CSCc1cc(C(=O)N2CCC[C@@H](N)C2)ccc1F. The summed E-state index contributed by atoms with van der Waals surface area (Å²) in [5.74, 6) is 0.283. The second-order valence-corrected chi connectivity index (χ2v) is 5.76. The van der Waals surface area contributed by atoms with Crippen molar-refractivity contribution in [1.82, 2.24) is 4.90 Å². The first-order chi connectivity index (χ1) is 9.11. The van der Waals surface area contributed by atoms with Crippen LogP contribution in [0.2, 0.25) is 0 Å². The number of benzene rings is 1. The van der Waals surface area contributed by atoms with Crippen molar-refractivity contribution in [3.8, 4) is 0 Å². The molecule has 1 fully saturated rings. The van der Waals surface area contributed by atoms with Crippen molar-refractivity contribution in [1.29, 1.82) is 0 Å². The molecule has 0 unspecified atom stereocenters. The number of halogens is 1. The minimum absolute atomic E-state index is 0.0440. The summed E-state index contributed by atoms with van der Waals surface area (Å²) in [5, 5.41) is 0. The van der Waals surface area contributed by atoms with Gasteiger partial charge in [-0.25, -0.2) is 4.39 Å². The number of piperidine rings is 1. The van der Waals surface area contributed by atoms with Crippen molar-refractivity contribution in [3.63, 3.8) is 0 Å². The maximum absolute atomic E-state index is 13.6. The number of carbonyl (C=O) groups excluding carboxylic acids is 1. The third kappa shape index (κ3) is 3.48. The van der Waals surface area contributed by atoms with Gasteiger partial charge in [0.2, 0.25) is 0 Å². The molecule has 0 aromatic heterocycles. The summed E-state index contributed by atoms with van der Waals surface area (Å²) in [6, 6.07) is 4.65. The zero-order valence-electron chi connectivity index (χ0n) is 11.1. The van der Waals surface area contributed by atoms with Gasteiger partial charge < -0.3 is 10.6 Å². The van der Waals surface area contributed by atoms with Gasteiger partial charge in [0.05, 0.1) is 0 Å². The van der Waals surface area contributed by atoms with E-state index < -0.39 is 0 Å². The van der Waals surface area contributed by atoms with Crippen molar-refractivity contribution >= 4 is 17.7 Å². The molecule has 0 bridgehead atoms. The zero-order chi connectivity index (χ0) is 13.8. The van der Waals surface area contributed by atoms with E-state index in [1.54, 1.807) is 28.8 Å². The molecule has 0 saturated carbocycles. The van der Waals surface area contributed by atoms with E-state index in [1.807, 2.05) is 6.26 Å². The molecule has 1 aliphatic heterocycles. The van der Waals surface area contributed by atoms with E-state index in [1.165, 1.54) is 6.07 Å². The Morgan fingerprint density at radius 2 is 2.37 bits per heavy atom. The van der Waals surface area contributed by atoms with Gasteiger partial charge >= 0.3 is 0 Å². The summed E-state index contributed by atoms with van der Waals surface area (Å²) in [5.41, 5.74) is 7.02. The van der Waals surface area contributed by atoms with Crippen LogP contribution in [0.4, 0.5) is 4.39 Å². The summed E-state index contributed by atoms with van der Waals surface area (Å²) in [4.78, 5) is 14.1. The third-order valence-corrected chi connectivity index (χ3v) is 3.94. The molecule has 1 atom stereocenters. The van der Waals surface area contributed by atoms with Crippen LogP contribution in [0.25, 0.3) is 0 Å². The van der Waals surface area contributed by atoms with E-state index >= 15 is 0 Å². The Morgan fingerprint density at radius 1 is 1.58 bits per heavy atom. The lowest BCUT2D eigenvalue weighted by molar-refractivity contribution is 0.0708. The second kappa shape index (κ2) is 6.39. The average molecular weight is 282 g/mol. The molecule has 1 aromatic rings. The molecule has 1 heterocycles. The molecule has 2 rings (SSSR count). The number of likely N-dealkylation sites (tertiary alicyclic amines) is 1. The normalized spacial score (nSPS) is 19.5. The van der Waals surface area contributed by atoms with Gasteiger partial charge in [-0.2, -0.15) is 11.8 Å². The smallest absolute Gasteiger partial charge is 0.253 e. The zero-order valence-corrected chi connectivity index (χ0v) is 11.9. The molecule has 1 aromatic carbocycles. The summed E-state index contributed by atoms with van der Waals surface area (Å²) in [6.07, 6.45) is 3.81. The Labute approximate surface area is 117 Å². The highest BCUT2D eigenvalue weighted by Gasteiger charge is 2.22. The highest BCUT2D eigenvalue weighted by molar-refractivity contribution is 7.97. The van der Waals surface area contributed by atoms with Gasteiger partial charge in [-0.1, -0.05) is 0 Å². The molecule has 0 aliphatic carbocycles. The van der Waals surface area contributed by atoms with Crippen LogP contribution >= 0.6 is 11.8 Å². The van der Waals surface area contributed by atoms with Gasteiger partial charge in [0, 0.05) is 30.4 Å². The molecule has 3 nitrogen and oxygen atoms in total. The van der Waals surface area contributed by atoms with Gasteiger partial charge in [0.15, 0.2) is 0 Å². The van der Waals surface area contributed by atoms with E-state index in [0.717, 1.165) is 19.4 Å². The van der Waals surface area contributed by atoms with Crippen molar-refractivity contribution < 1.29 is 9.18 Å². The number of hydrogen-bond acceptors (Lipinski definition) is 3. The molecule has 2 N–H and O–H groups in total. The number of hydrogen-bond donors (Lipinski definition) is 1. The first-order valence-corrected chi connectivity index (χ1v) is 7.83. The number of nitrogens with zero attached hydrogens (tertiary/aromatic N) is 1. The van der Waals surface area contributed by atoms with E-state index in [4.69, 9.17) is 5.73 Å². The number of amides is 1. The lowest BCUT2D eigenvalue weighted by Gasteiger charge is -2.30. The molecule has 1 aliphatic rings. The first-order valence-electron chi connectivity index (χ1n) is 6.44. The molecule has 5 heteroatoms. The third-order valence-electron chi connectivity index (χ3n) is 3.34. The summed E-state index contributed by atoms with van der Waals surface area (Å²) in [7, 11) is 0. The van der Waals surface area contributed by atoms with Crippen molar-refractivity contribution in [2.45, 2.75) is 24.6 Å². The molecule has 1 amide bonds. The minimum atomic E-state index is -0.249. The number of rotatable bonds is 3. The molecular weight excluding hydrogens is 263 g/mol. The van der Waals surface area contributed by atoms with Crippen LogP contribution in [-0.4, -0.2) is 36.2 Å². The van der Waals surface area contributed by atoms with Crippen LogP contribution in [0.3, 0.4) is 0 Å². The number of nitrogens with two attached hydrogens (primary N) is 1. The Balaban J connectivity index is 2.16. The molecular formula is C14H19FN2OS. The lowest BCUT2D eigenvalue weighted by Crippen LogP contribution is -2.45. The minimum Gasteiger partial charge on any atom is -0.337 e. The van der Waals surface area contributed by atoms with Crippen molar-refractivity contribution in [2.75, 3.05) is 19.3 Å². The molecule has 0 spiro atoms. The Kier molecular flexibility index (Phi) is 4.82. The Bertz CT molecular complexity index is 467. The predicted octanol–water partition coefficient (Wildman–Crippen LogP) is 2.25. The van der Waals surface area contributed by atoms with Gasteiger partial charge in [-0.05, 0) is 42.9 Å². The first kappa shape index (κ1) is 14.3. The summed E-state index contributed by atoms with van der Waals surface area (Å²) >= 11 is 1.54. The highest BCUT2D eigenvalue weighted by Crippen LogP contribution is 2.18. The number of thioether (sulfide) groups is 1. The summed E-state index contributed by atoms with van der Waals surface area (Å²) < 4.78 is 13.6. The average Bonchev–Trinajstić information content (AvgIpc) is 2.41. The largest absolute Gasteiger partial charge is 0.337 e. The quantitative estimate of drug-likeness (QED) is 0.925. The topological polar surface area (TPSA) is 46.3 Å². The van der Waals surface area contributed by atoms with Crippen molar-refractivity contribution in [2.24, 2.45) is 5.73 Å². The fourth-order valence-corrected chi connectivity index (χ4v) is 2.88. The predicted molar refractivity (Wildman–Crippen MR) is 76.7 cm³/mol. The van der Waals surface area contributed by atoms with E-state index in [2.05, 4.69) is 0 Å². The van der Waals surface area contributed by atoms with Crippen molar-refractivity contribution in [3.05, 3.63) is 35.1 Å². The van der Waals surface area contributed by atoms with Crippen LogP contribution < -0.4 is 5.73 Å². The van der Waals surface area contributed by atoms with Crippen LogP contribution in [0.5, 0.6) is 0 Å². The second-order valence-electron chi connectivity index (χ2n) is 4.89. The van der Waals surface area contributed by atoms with Gasteiger partial charge in [0.1, 0.15) is 5.82 Å². The van der Waals surface area contributed by atoms with Gasteiger partial charge in [-0.15, -0.1) is 0 Å². The maximum atomic E-state index is 13.6. The molecule has 19 heavy (non-hydrogen) atoms. The fourth-order valence-electron chi connectivity index (χ4n) is 2.35. The highest BCUT2D eigenvalue weighted by atomic mass is 32.2. The van der Waals surface area contributed by atoms with Crippen LogP contribution in [0.15, 0.2) is 18.2 Å². The van der Waals surface area contributed by atoms with Gasteiger partial charge in [0.25, 0.3) is 5.91 Å². The van der Waals surface area contributed by atoms with E-state index in [9.17, 15) is 9.18 Å². The molecule has 1 saturated heterocycles. The number of carbonyl (C=O) groups is 1. The maximum Gasteiger partial charge on any atom is 0.253 e. The van der Waals surface area contributed by atoms with Gasteiger partial charge in [-0.3, -0.25) is 4.79 Å². The van der Waals surface area contributed by atoms with Crippen LogP contribution in [0, 0.1) is 5.82 Å². The Hall–Kier alpha value is -1.07. The fraction of sp³-hybridized carbons (Fsp3) is 0.500. The molecule has 104 valence electrons. The van der Waals surface area contributed by atoms with Crippen LogP contribution in [-0.2, 0) is 5.75 Å². The lowest BCUT2D eigenvalue weighted by atomic mass is 10.0. The van der Waals surface area contributed by atoms with E-state index in [0.29, 0.717) is 23.4 Å². The van der Waals surface area contributed by atoms with Crippen LogP contribution in [0.1, 0.15) is 28.8 Å². The monoisotopic (exact) mass is 282 g/mol.